The predicted molar refractivity (Wildman–Crippen MR) is 58.3 cm³/mol. The summed E-state index contributed by atoms with van der Waals surface area (Å²) in [4.78, 5) is 0. The van der Waals surface area contributed by atoms with Crippen LogP contribution in [0.1, 0.15) is 30.7 Å². The van der Waals surface area contributed by atoms with Crippen LogP contribution in [0.4, 0.5) is 4.39 Å². The second-order valence-electron chi connectivity index (χ2n) is 5.10. The molecule has 1 nitrogen and oxygen atoms in total. The Kier molecular flexibility index (Phi) is 2.06. The van der Waals surface area contributed by atoms with E-state index in [1.807, 2.05) is 6.07 Å². The predicted octanol–water partition coefficient (Wildman–Crippen LogP) is 2.68. The molecule has 0 radical (unpaired) electrons. The van der Waals surface area contributed by atoms with Crippen molar-refractivity contribution in [3.63, 3.8) is 0 Å². The number of nitrogens with one attached hydrogen (secondary N) is 1. The molecule has 1 aliphatic carbocycles. The highest BCUT2D eigenvalue weighted by molar-refractivity contribution is 5.23. The molecule has 1 aliphatic heterocycles. The fourth-order valence-corrected chi connectivity index (χ4v) is 3.05. The van der Waals surface area contributed by atoms with Gasteiger partial charge >= 0.3 is 0 Å². The molecule has 0 bridgehead atoms. The highest BCUT2D eigenvalue weighted by Gasteiger charge is 2.43. The van der Waals surface area contributed by atoms with Crippen molar-refractivity contribution in [1.82, 2.24) is 5.32 Å². The summed E-state index contributed by atoms with van der Waals surface area (Å²) in [5.74, 6) is 0.489. The van der Waals surface area contributed by atoms with Crippen molar-refractivity contribution in [1.29, 1.82) is 0 Å². The van der Waals surface area contributed by atoms with Crippen LogP contribution in [-0.4, -0.2) is 13.1 Å². The Morgan fingerprint density at radius 3 is 2.80 bits per heavy atom. The summed E-state index contributed by atoms with van der Waals surface area (Å²) < 4.78 is 13.1. The zero-order chi connectivity index (χ0) is 10.3. The number of hydrogen-bond donors (Lipinski definition) is 1. The summed E-state index contributed by atoms with van der Waals surface area (Å²) in [6, 6.07) is 7.13. The zero-order valence-corrected chi connectivity index (χ0v) is 8.80. The zero-order valence-electron chi connectivity index (χ0n) is 8.80. The lowest BCUT2D eigenvalue weighted by molar-refractivity contribution is 0.175. The summed E-state index contributed by atoms with van der Waals surface area (Å²) in [5, 5.41) is 3.35. The van der Waals surface area contributed by atoms with Gasteiger partial charge in [0.05, 0.1) is 0 Å². The van der Waals surface area contributed by atoms with E-state index in [4.69, 9.17) is 0 Å². The maximum atomic E-state index is 13.1. The molecule has 2 fully saturated rings. The van der Waals surface area contributed by atoms with E-state index < -0.39 is 0 Å². The molecule has 1 heterocycles. The summed E-state index contributed by atoms with van der Waals surface area (Å²) in [7, 11) is 0. The minimum Gasteiger partial charge on any atom is -0.316 e. The Hall–Kier alpha value is -0.890. The van der Waals surface area contributed by atoms with E-state index in [-0.39, 0.29) is 5.82 Å². The van der Waals surface area contributed by atoms with Gasteiger partial charge < -0.3 is 5.32 Å². The molecular weight excluding hydrogens is 189 g/mol. The fourth-order valence-electron chi connectivity index (χ4n) is 3.05. The number of halogens is 1. The highest BCUT2D eigenvalue weighted by atomic mass is 19.1. The molecule has 1 aromatic rings. The average Bonchev–Trinajstić information content (AvgIpc) is 2.62. The largest absolute Gasteiger partial charge is 0.316 e. The van der Waals surface area contributed by atoms with Gasteiger partial charge in [0.25, 0.3) is 0 Å². The molecule has 1 saturated heterocycles. The molecular formula is C13H16FN. The molecule has 1 saturated carbocycles. The summed E-state index contributed by atoms with van der Waals surface area (Å²) in [5.41, 5.74) is 1.75. The van der Waals surface area contributed by atoms with Crippen LogP contribution in [-0.2, 0) is 0 Å². The van der Waals surface area contributed by atoms with E-state index in [1.54, 1.807) is 6.07 Å². The van der Waals surface area contributed by atoms with Gasteiger partial charge in [0.15, 0.2) is 0 Å². The Morgan fingerprint density at radius 1 is 1.33 bits per heavy atom. The average molecular weight is 205 g/mol. The first-order valence-electron chi connectivity index (χ1n) is 5.74. The lowest BCUT2D eigenvalue weighted by atomic mass is 9.79. The SMILES string of the molecule is Fc1cccc(C2CCC3(CNC3)C2)c1. The molecule has 1 aromatic carbocycles. The minimum atomic E-state index is -0.0971. The molecule has 3 rings (SSSR count). The van der Waals surface area contributed by atoms with Crippen molar-refractivity contribution in [2.75, 3.05) is 13.1 Å². The lowest BCUT2D eigenvalue weighted by Gasteiger charge is -2.39. The smallest absolute Gasteiger partial charge is 0.123 e. The van der Waals surface area contributed by atoms with Gasteiger partial charge in [0, 0.05) is 13.1 Å². The van der Waals surface area contributed by atoms with Crippen LogP contribution in [0.2, 0.25) is 0 Å². The maximum absolute atomic E-state index is 13.1. The summed E-state index contributed by atoms with van der Waals surface area (Å²) in [6.45, 7) is 2.33. The van der Waals surface area contributed by atoms with E-state index in [9.17, 15) is 4.39 Å². The van der Waals surface area contributed by atoms with E-state index in [0.717, 1.165) is 0 Å². The van der Waals surface area contributed by atoms with Gasteiger partial charge in [-0.05, 0) is 48.3 Å². The van der Waals surface area contributed by atoms with Crippen molar-refractivity contribution >= 4 is 0 Å². The van der Waals surface area contributed by atoms with E-state index in [0.29, 0.717) is 11.3 Å². The third kappa shape index (κ3) is 1.57. The molecule has 0 aromatic heterocycles. The molecule has 1 spiro atoms. The van der Waals surface area contributed by atoms with Gasteiger partial charge in [-0.15, -0.1) is 0 Å². The van der Waals surface area contributed by atoms with Crippen molar-refractivity contribution in [2.24, 2.45) is 5.41 Å². The van der Waals surface area contributed by atoms with Crippen LogP contribution in [0, 0.1) is 11.2 Å². The number of rotatable bonds is 1. The molecule has 1 unspecified atom stereocenters. The molecule has 80 valence electrons. The first-order valence-corrected chi connectivity index (χ1v) is 5.74. The minimum absolute atomic E-state index is 0.0971. The van der Waals surface area contributed by atoms with Crippen LogP contribution in [0.3, 0.4) is 0 Å². The first-order chi connectivity index (χ1) is 7.27. The quantitative estimate of drug-likeness (QED) is 0.743. The number of benzene rings is 1. The normalized spacial score (nSPS) is 27.9. The summed E-state index contributed by atoms with van der Waals surface area (Å²) >= 11 is 0. The van der Waals surface area contributed by atoms with Gasteiger partial charge in [-0.3, -0.25) is 0 Å². The molecule has 1 atom stereocenters. The van der Waals surface area contributed by atoms with Crippen molar-refractivity contribution in [2.45, 2.75) is 25.2 Å². The first kappa shape index (κ1) is 9.34. The van der Waals surface area contributed by atoms with Crippen LogP contribution in [0.15, 0.2) is 24.3 Å². The Balaban J connectivity index is 1.79. The van der Waals surface area contributed by atoms with E-state index >= 15 is 0 Å². The Labute approximate surface area is 89.7 Å². The van der Waals surface area contributed by atoms with Gasteiger partial charge in [-0.25, -0.2) is 4.39 Å². The standard InChI is InChI=1S/C13H16FN/c14-12-3-1-2-10(6-12)11-4-5-13(7-11)8-15-9-13/h1-3,6,11,15H,4-5,7-9H2. The van der Waals surface area contributed by atoms with E-state index in [2.05, 4.69) is 11.4 Å². The molecule has 2 heteroatoms. The van der Waals surface area contributed by atoms with Crippen molar-refractivity contribution in [3.8, 4) is 0 Å². The van der Waals surface area contributed by atoms with Crippen LogP contribution < -0.4 is 5.32 Å². The van der Waals surface area contributed by atoms with Gasteiger partial charge in [-0.1, -0.05) is 12.1 Å². The fraction of sp³-hybridized carbons (Fsp3) is 0.538. The van der Waals surface area contributed by atoms with Crippen molar-refractivity contribution in [3.05, 3.63) is 35.6 Å². The second-order valence-corrected chi connectivity index (χ2v) is 5.10. The van der Waals surface area contributed by atoms with Crippen LogP contribution in [0.25, 0.3) is 0 Å². The van der Waals surface area contributed by atoms with Gasteiger partial charge in [-0.2, -0.15) is 0 Å². The lowest BCUT2D eigenvalue weighted by Crippen LogP contribution is -2.51. The topological polar surface area (TPSA) is 12.0 Å². The molecule has 15 heavy (non-hydrogen) atoms. The summed E-state index contributed by atoms with van der Waals surface area (Å²) in [6.07, 6.45) is 3.77. The maximum Gasteiger partial charge on any atom is 0.123 e. The number of hydrogen-bond acceptors (Lipinski definition) is 1. The molecule has 0 amide bonds. The van der Waals surface area contributed by atoms with Crippen LogP contribution in [0.5, 0.6) is 0 Å². The van der Waals surface area contributed by atoms with Crippen molar-refractivity contribution < 1.29 is 4.39 Å². The third-order valence-electron chi connectivity index (χ3n) is 4.02. The second kappa shape index (κ2) is 3.31. The molecule has 2 aliphatic rings. The van der Waals surface area contributed by atoms with Gasteiger partial charge in [0.2, 0.25) is 0 Å². The third-order valence-corrected chi connectivity index (χ3v) is 4.02. The highest BCUT2D eigenvalue weighted by Crippen LogP contribution is 2.48. The monoisotopic (exact) mass is 205 g/mol. The Bertz CT molecular complexity index is 371. The molecule has 1 N–H and O–H groups in total. The van der Waals surface area contributed by atoms with E-state index in [1.165, 1.54) is 44.0 Å². The van der Waals surface area contributed by atoms with Gasteiger partial charge in [0.1, 0.15) is 5.82 Å². The van der Waals surface area contributed by atoms with Crippen LogP contribution >= 0.6 is 0 Å². The Morgan fingerprint density at radius 2 is 2.20 bits per heavy atom.